The molecular formula is C28H35N3O2S. The quantitative estimate of drug-likeness (QED) is 0.245. The van der Waals surface area contributed by atoms with Crippen LogP contribution in [0.3, 0.4) is 0 Å². The van der Waals surface area contributed by atoms with Crippen LogP contribution in [0, 0.1) is 12.8 Å². The molecule has 180 valence electrons. The van der Waals surface area contributed by atoms with E-state index in [1.807, 2.05) is 56.4 Å². The number of aliphatic imine (C=N–C) groups is 1. The molecule has 1 aliphatic carbocycles. The molecule has 2 atom stereocenters. The van der Waals surface area contributed by atoms with Gasteiger partial charge in [0, 0.05) is 23.3 Å². The van der Waals surface area contributed by atoms with Crippen LogP contribution in [0.5, 0.6) is 5.75 Å². The number of ether oxygens (including phenoxy) is 1. The third-order valence-electron chi connectivity index (χ3n) is 5.81. The van der Waals surface area contributed by atoms with Crippen LogP contribution in [-0.2, 0) is 0 Å². The van der Waals surface area contributed by atoms with E-state index in [9.17, 15) is 4.79 Å². The van der Waals surface area contributed by atoms with Crippen molar-refractivity contribution >= 4 is 24.1 Å². The van der Waals surface area contributed by atoms with Gasteiger partial charge in [-0.25, -0.2) is 0 Å². The van der Waals surface area contributed by atoms with Gasteiger partial charge >= 0.3 is 0 Å². The van der Waals surface area contributed by atoms with Gasteiger partial charge < -0.3 is 14.8 Å². The number of carbonyl (C=O) groups is 1. The number of nitrogens with zero attached hydrogens (tertiary/aromatic N) is 1. The molecule has 2 aromatic carbocycles. The van der Waals surface area contributed by atoms with Crippen LogP contribution in [0.25, 0.3) is 11.1 Å². The summed E-state index contributed by atoms with van der Waals surface area (Å²) in [7, 11) is 3.62. The van der Waals surface area contributed by atoms with Crippen molar-refractivity contribution in [3.63, 3.8) is 0 Å². The second-order valence-electron chi connectivity index (χ2n) is 8.33. The Morgan fingerprint density at radius 3 is 2.59 bits per heavy atom. The Kier molecular flexibility index (Phi) is 10.4. The average Bonchev–Trinajstić information content (AvgIpc) is 2.96. The molecule has 0 amide bonds. The summed E-state index contributed by atoms with van der Waals surface area (Å²) in [6.45, 7) is 3.84. The van der Waals surface area contributed by atoms with E-state index >= 15 is 0 Å². The first-order valence-corrected chi connectivity index (χ1v) is 12.7. The zero-order chi connectivity index (χ0) is 24.2. The van der Waals surface area contributed by atoms with Gasteiger partial charge in [0.2, 0.25) is 0 Å². The predicted octanol–water partition coefficient (Wildman–Crippen LogP) is 5.62. The monoisotopic (exact) mass is 477 g/mol. The highest BCUT2D eigenvalue weighted by atomic mass is 32.2. The maximum atomic E-state index is 10.6. The second kappa shape index (κ2) is 13.8. The Labute approximate surface area is 207 Å². The van der Waals surface area contributed by atoms with Crippen molar-refractivity contribution in [1.82, 2.24) is 10.0 Å². The number of allylic oxidation sites excluding steroid dienone is 2. The first kappa shape index (κ1) is 25.8. The third kappa shape index (κ3) is 7.61. The van der Waals surface area contributed by atoms with E-state index in [4.69, 9.17) is 4.74 Å². The van der Waals surface area contributed by atoms with E-state index in [0.717, 1.165) is 60.5 Å². The molecule has 2 aliphatic rings. The van der Waals surface area contributed by atoms with Crippen LogP contribution in [0.2, 0.25) is 0 Å². The lowest BCUT2D eigenvalue weighted by Gasteiger charge is -2.27. The summed E-state index contributed by atoms with van der Waals surface area (Å²) in [6.07, 6.45) is 13.6. The maximum absolute atomic E-state index is 10.6. The minimum atomic E-state index is 0.473. The lowest BCUT2D eigenvalue weighted by molar-refractivity contribution is 0.112. The molecule has 1 heterocycles. The number of amidine groups is 1. The molecule has 34 heavy (non-hydrogen) atoms. The molecule has 0 radical (unpaired) electrons. The Balaban J connectivity index is 0.000000191. The smallest absolute Gasteiger partial charge is 0.150 e. The van der Waals surface area contributed by atoms with Crippen LogP contribution in [0.1, 0.15) is 35.2 Å². The molecular weight excluding hydrogens is 442 g/mol. The molecule has 2 N–H and O–H groups in total. The van der Waals surface area contributed by atoms with Gasteiger partial charge in [-0.05, 0) is 74.0 Å². The number of methoxy groups -OCH3 is 1. The lowest BCUT2D eigenvalue weighted by atomic mass is 9.99. The fourth-order valence-electron chi connectivity index (χ4n) is 3.88. The maximum Gasteiger partial charge on any atom is 0.150 e. The predicted molar refractivity (Wildman–Crippen MR) is 145 cm³/mol. The largest absolute Gasteiger partial charge is 0.497 e. The van der Waals surface area contributed by atoms with E-state index in [1.54, 1.807) is 19.1 Å². The van der Waals surface area contributed by atoms with Crippen molar-refractivity contribution in [3.05, 3.63) is 77.9 Å². The summed E-state index contributed by atoms with van der Waals surface area (Å²) in [6, 6.07) is 13.5. The van der Waals surface area contributed by atoms with Gasteiger partial charge in [-0.2, -0.15) is 0 Å². The highest BCUT2D eigenvalue weighted by Gasteiger charge is 2.24. The molecule has 6 heteroatoms. The van der Waals surface area contributed by atoms with Crippen LogP contribution >= 0.6 is 11.9 Å². The van der Waals surface area contributed by atoms with Crippen molar-refractivity contribution < 1.29 is 9.53 Å². The minimum absolute atomic E-state index is 0.473. The van der Waals surface area contributed by atoms with Crippen LogP contribution in [0.4, 0.5) is 0 Å². The Hall–Kier alpha value is -2.83. The summed E-state index contributed by atoms with van der Waals surface area (Å²) in [5.41, 5.74) is 4.11. The summed E-state index contributed by atoms with van der Waals surface area (Å²) in [5.74, 6) is 2.48. The number of rotatable bonds is 6. The van der Waals surface area contributed by atoms with Gasteiger partial charge in [0.1, 0.15) is 17.9 Å². The fraction of sp³-hybridized carbons (Fsp3) is 0.357. The van der Waals surface area contributed by atoms with Crippen LogP contribution in [-0.4, -0.2) is 44.6 Å². The van der Waals surface area contributed by atoms with E-state index in [0.29, 0.717) is 16.7 Å². The molecule has 2 unspecified atom stereocenters. The third-order valence-corrected chi connectivity index (χ3v) is 6.79. The van der Waals surface area contributed by atoms with E-state index in [-0.39, 0.29) is 0 Å². The molecule has 0 saturated carbocycles. The summed E-state index contributed by atoms with van der Waals surface area (Å²) in [4.78, 5) is 15.2. The van der Waals surface area contributed by atoms with E-state index in [1.165, 1.54) is 6.42 Å². The minimum Gasteiger partial charge on any atom is -0.497 e. The lowest BCUT2D eigenvalue weighted by Crippen LogP contribution is -2.34. The van der Waals surface area contributed by atoms with Crippen molar-refractivity contribution in [2.75, 3.05) is 27.2 Å². The summed E-state index contributed by atoms with van der Waals surface area (Å²) >= 11 is 1.79. The number of hydrogen-bond acceptors (Lipinski definition) is 5. The number of hydrogen-bond donors (Lipinski definition) is 2. The first-order valence-electron chi connectivity index (χ1n) is 11.8. The topological polar surface area (TPSA) is 62.7 Å². The number of fused-ring (bicyclic) bond motifs is 2. The molecule has 5 nitrogen and oxygen atoms in total. The van der Waals surface area contributed by atoms with E-state index < -0.39 is 0 Å². The van der Waals surface area contributed by atoms with Crippen molar-refractivity contribution in [2.24, 2.45) is 10.9 Å². The van der Waals surface area contributed by atoms with Crippen molar-refractivity contribution in [1.29, 1.82) is 0 Å². The molecule has 1 aliphatic heterocycles. The van der Waals surface area contributed by atoms with Gasteiger partial charge in [0.15, 0.2) is 0 Å². The Morgan fingerprint density at radius 2 is 1.91 bits per heavy atom. The summed E-state index contributed by atoms with van der Waals surface area (Å²) < 4.78 is 8.59. The molecule has 2 bridgehead atoms. The SMILES string of the molecule is CNCCN=C1NSC2/C=C\CC/C=C\C1C2.COc1ccc(-c2ccc(C=O)cc2)c(C)c1. The highest BCUT2D eigenvalue weighted by Crippen LogP contribution is 2.28. The number of likely N-dealkylation sites (N-methyl/N-ethyl adjacent to an activating group) is 1. The zero-order valence-electron chi connectivity index (χ0n) is 20.3. The van der Waals surface area contributed by atoms with Crippen LogP contribution in [0.15, 0.2) is 71.8 Å². The molecule has 2 aromatic rings. The molecule has 4 rings (SSSR count). The number of nitrogens with one attached hydrogen (secondary N) is 2. The molecule has 0 aromatic heterocycles. The highest BCUT2D eigenvalue weighted by molar-refractivity contribution is 7.98. The van der Waals surface area contributed by atoms with Gasteiger partial charge in [0.05, 0.1) is 13.7 Å². The number of carbonyl (C=O) groups excluding carboxylic acids is 1. The zero-order valence-corrected chi connectivity index (χ0v) is 21.1. The Morgan fingerprint density at radius 1 is 1.15 bits per heavy atom. The molecule has 1 fully saturated rings. The van der Waals surface area contributed by atoms with Crippen molar-refractivity contribution in [3.8, 4) is 16.9 Å². The van der Waals surface area contributed by atoms with E-state index in [2.05, 4.69) is 39.3 Å². The fourth-order valence-corrected chi connectivity index (χ4v) is 4.86. The normalized spacial score (nSPS) is 22.1. The molecule has 1 saturated heterocycles. The average molecular weight is 478 g/mol. The van der Waals surface area contributed by atoms with Gasteiger partial charge in [-0.1, -0.05) is 54.6 Å². The Bertz CT molecular complexity index is 1010. The van der Waals surface area contributed by atoms with Gasteiger partial charge in [0.25, 0.3) is 0 Å². The second-order valence-corrected chi connectivity index (χ2v) is 9.37. The van der Waals surface area contributed by atoms with Crippen LogP contribution < -0.4 is 14.8 Å². The number of aryl methyl sites for hydroxylation is 1. The molecule has 0 spiro atoms. The standard InChI is InChI=1S/C15H14O2.C13H21N3S/c1-11-9-14(17-2)7-8-15(11)13-5-3-12(10-16)4-6-13;1-14-8-9-15-13-11-6-4-2-3-5-7-12(10-11)17-16-13/h3-10H,1-2H3;4-7,11-12,14H,2-3,8-10H2,1H3,(H,15,16)/b;6-4-,7-5-. The number of aldehydes is 1. The van der Waals surface area contributed by atoms with Gasteiger partial charge in [-0.15, -0.1) is 0 Å². The number of benzene rings is 2. The van der Waals surface area contributed by atoms with Crippen molar-refractivity contribution in [2.45, 2.75) is 31.4 Å². The van der Waals surface area contributed by atoms with Gasteiger partial charge in [-0.3, -0.25) is 9.79 Å². The summed E-state index contributed by atoms with van der Waals surface area (Å²) in [5, 5.41) is 3.71. The first-order chi connectivity index (χ1) is 16.6.